The van der Waals surface area contributed by atoms with E-state index in [1.165, 1.54) is 51.4 Å². The Morgan fingerprint density at radius 3 is 1.69 bits per heavy atom. The first-order valence-electron chi connectivity index (χ1n) is 21.2. The molecule has 52 heavy (non-hydrogen) atoms. The van der Waals surface area contributed by atoms with Gasteiger partial charge in [-0.1, -0.05) is 171 Å². The monoisotopic (exact) mass is 726 g/mol. The molecule has 0 bridgehead atoms. The quantitative estimate of drug-likeness (QED) is 0.0339. The predicted molar refractivity (Wildman–Crippen MR) is 222 cm³/mol. The number of rotatable bonds is 36. The number of aliphatic hydroxyl groups is 2. The van der Waals surface area contributed by atoms with Crippen molar-refractivity contribution in [3.05, 3.63) is 72.9 Å². The summed E-state index contributed by atoms with van der Waals surface area (Å²) in [6, 6.07) is -0.742. The van der Waals surface area contributed by atoms with Crippen molar-refractivity contribution in [2.24, 2.45) is 0 Å². The highest BCUT2D eigenvalue weighted by molar-refractivity contribution is 5.78. The fourth-order valence-electron chi connectivity index (χ4n) is 5.80. The van der Waals surface area contributed by atoms with Gasteiger partial charge in [0.05, 0.1) is 25.2 Å². The molecule has 3 unspecified atom stereocenters. The number of nitrogens with one attached hydrogen (secondary N) is 1. The molecular formula is C46H79NO5. The lowest BCUT2D eigenvalue weighted by molar-refractivity contribution is -0.148. The second-order valence-corrected chi connectivity index (χ2v) is 14.0. The SMILES string of the molecule is CC/C=C/C/C=C/C/C=C/C/C=C/C/C=C/C(CC(=O)NC(CO)C(O)CCCCCCCCCCC)OC(=O)CCCCCCC/C=C\CCC. The van der Waals surface area contributed by atoms with Gasteiger partial charge in [0.1, 0.15) is 6.10 Å². The predicted octanol–water partition coefficient (Wildman–Crippen LogP) is 11.9. The maximum atomic E-state index is 13.0. The third kappa shape index (κ3) is 34.4. The van der Waals surface area contributed by atoms with E-state index in [1.807, 2.05) is 6.08 Å². The summed E-state index contributed by atoms with van der Waals surface area (Å²) in [5.41, 5.74) is 0. The molecule has 0 radical (unpaired) electrons. The molecule has 0 aliphatic rings. The summed E-state index contributed by atoms with van der Waals surface area (Å²) in [7, 11) is 0. The molecule has 6 nitrogen and oxygen atoms in total. The first kappa shape index (κ1) is 49.3. The number of hydrogen-bond acceptors (Lipinski definition) is 5. The Morgan fingerprint density at radius 2 is 1.12 bits per heavy atom. The van der Waals surface area contributed by atoms with Gasteiger partial charge in [-0.15, -0.1) is 0 Å². The van der Waals surface area contributed by atoms with Crippen LogP contribution in [-0.2, 0) is 14.3 Å². The lowest BCUT2D eigenvalue weighted by atomic mass is 10.0. The van der Waals surface area contributed by atoms with Gasteiger partial charge >= 0.3 is 5.97 Å². The molecule has 0 fully saturated rings. The van der Waals surface area contributed by atoms with Crippen LogP contribution in [0.1, 0.15) is 181 Å². The molecule has 1 amide bonds. The van der Waals surface area contributed by atoms with Gasteiger partial charge in [0.25, 0.3) is 0 Å². The van der Waals surface area contributed by atoms with Gasteiger partial charge in [-0.2, -0.15) is 0 Å². The van der Waals surface area contributed by atoms with Gasteiger partial charge in [0.15, 0.2) is 0 Å². The lowest BCUT2D eigenvalue weighted by Crippen LogP contribution is -2.46. The van der Waals surface area contributed by atoms with Gasteiger partial charge in [0.2, 0.25) is 5.91 Å². The highest BCUT2D eigenvalue weighted by Crippen LogP contribution is 2.14. The molecule has 0 aromatic heterocycles. The molecule has 0 aromatic carbocycles. The fraction of sp³-hybridized carbons (Fsp3) is 0.696. The number of carbonyl (C=O) groups excluding carboxylic acids is 2. The van der Waals surface area contributed by atoms with Gasteiger partial charge in [-0.3, -0.25) is 9.59 Å². The van der Waals surface area contributed by atoms with Crippen molar-refractivity contribution >= 4 is 11.9 Å². The second-order valence-electron chi connectivity index (χ2n) is 14.0. The number of allylic oxidation sites excluding steroid dienone is 11. The highest BCUT2D eigenvalue weighted by atomic mass is 16.5. The van der Waals surface area contributed by atoms with E-state index in [9.17, 15) is 19.8 Å². The average Bonchev–Trinajstić information content (AvgIpc) is 3.13. The Labute approximate surface area is 320 Å². The summed E-state index contributed by atoms with van der Waals surface area (Å²) < 4.78 is 5.76. The molecule has 3 N–H and O–H groups in total. The summed E-state index contributed by atoms with van der Waals surface area (Å²) in [6.45, 7) is 6.21. The average molecular weight is 726 g/mol. The lowest BCUT2D eigenvalue weighted by Gasteiger charge is -2.23. The Balaban J connectivity index is 4.84. The van der Waals surface area contributed by atoms with Crippen molar-refractivity contribution < 1.29 is 24.5 Å². The number of ether oxygens (including phenoxy) is 1. The normalized spacial score (nSPS) is 14.2. The van der Waals surface area contributed by atoms with E-state index in [4.69, 9.17) is 4.74 Å². The fourth-order valence-corrected chi connectivity index (χ4v) is 5.80. The molecule has 0 aliphatic carbocycles. The number of aliphatic hydroxyl groups excluding tert-OH is 2. The molecule has 0 saturated carbocycles. The molecule has 0 heterocycles. The van der Waals surface area contributed by atoms with Crippen LogP contribution in [-0.4, -0.2) is 46.9 Å². The van der Waals surface area contributed by atoms with Gasteiger partial charge in [-0.25, -0.2) is 0 Å². The molecule has 6 heteroatoms. The smallest absolute Gasteiger partial charge is 0.306 e. The highest BCUT2D eigenvalue weighted by Gasteiger charge is 2.23. The van der Waals surface area contributed by atoms with Crippen molar-refractivity contribution in [2.75, 3.05) is 6.61 Å². The van der Waals surface area contributed by atoms with Crippen LogP contribution in [0.15, 0.2) is 72.9 Å². The topological polar surface area (TPSA) is 95.9 Å². The van der Waals surface area contributed by atoms with Crippen LogP contribution in [0.4, 0.5) is 0 Å². The summed E-state index contributed by atoms with van der Waals surface area (Å²) >= 11 is 0. The van der Waals surface area contributed by atoms with Gasteiger partial charge in [-0.05, 0) is 70.3 Å². The third-order valence-electron chi connectivity index (χ3n) is 9.00. The Morgan fingerprint density at radius 1 is 0.596 bits per heavy atom. The van der Waals surface area contributed by atoms with Crippen LogP contribution in [0, 0.1) is 0 Å². The number of amides is 1. The maximum Gasteiger partial charge on any atom is 0.306 e. The zero-order valence-electron chi connectivity index (χ0n) is 33.7. The molecule has 3 atom stereocenters. The molecule has 0 saturated heterocycles. The van der Waals surface area contributed by atoms with Crippen molar-refractivity contribution in [2.45, 2.75) is 200 Å². The Hall–Kier alpha value is -2.70. The molecule has 0 spiro atoms. The summed E-state index contributed by atoms with van der Waals surface area (Å²) in [5, 5.41) is 23.4. The van der Waals surface area contributed by atoms with E-state index >= 15 is 0 Å². The largest absolute Gasteiger partial charge is 0.458 e. The minimum Gasteiger partial charge on any atom is -0.458 e. The van der Waals surface area contributed by atoms with Crippen molar-refractivity contribution in [1.82, 2.24) is 5.32 Å². The summed E-state index contributed by atoms with van der Waals surface area (Å²) in [4.78, 5) is 25.8. The van der Waals surface area contributed by atoms with Crippen LogP contribution in [0.3, 0.4) is 0 Å². The zero-order valence-corrected chi connectivity index (χ0v) is 33.7. The maximum absolute atomic E-state index is 13.0. The van der Waals surface area contributed by atoms with Crippen LogP contribution >= 0.6 is 0 Å². The summed E-state index contributed by atoms with van der Waals surface area (Å²) in [6.07, 6.45) is 48.5. The zero-order chi connectivity index (χ0) is 38.2. The van der Waals surface area contributed by atoms with Crippen molar-refractivity contribution in [3.63, 3.8) is 0 Å². The number of esters is 1. The van der Waals surface area contributed by atoms with Crippen molar-refractivity contribution in [1.29, 1.82) is 0 Å². The van der Waals surface area contributed by atoms with Crippen LogP contribution in [0.2, 0.25) is 0 Å². The standard InChI is InChI=1S/C46H79NO5/c1-4-7-10-13-16-19-21-22-23-24-26-28-31-34-37-42(52-46(51)39-36-33-30-27-20-17-14-11-8-5-2)40-45(50)47-43(41-48)44(49)38-35-32-29-25-18-15-12-9-6-3/h7,10-11,14,16,19,22-23,26,28,34,37,42-44,48-49H,4-6,8-9,12-13,15,17-18,20-21,24-25,27,29-33,35-36,38-41H2,1-3H3,(H,47,50)/b10-7+,14-11-,19-16+,23-22+,28-26+,37-34+. The van der Waals surface area contributed by atoms with Crippen LogP contribution in [0.5, 0.6) is 0 Å². The Bertz CT molecular complexity index is 995. The van der Waals surface area contributed by atoms with E-state index in [1.54, 1.807) is 6.08 Å². The molecular weight excluding hydrogens is 647 g/mol. The molecule has 0 aliphatic heterocycles. The number of carbonyl (C=O) groups is 2. The van der Waals surface area contributed by atoms with E-state index in [0.717, 1.165) is 83.5 Å². The second kappa shape index (κ2) is 39.5. The van der Waals surface area contributed by atoms with E-state index in [-0.39, 0.29) is 24.9 Å². The third-order valence-corrected chi connectivity index (χ3v) is 9.00. The van der Waals surface area contributed by atoms with E-state index in [2.05, 4.69) is 86.8 Å². The molecule has 0 rings (SSSR count). The number of hydrogen-bond donors (Lipinski definition) is 3. The Kier molecular flexibility index (Phi) is 37.5. The van der Waals surface area contributed by atoms with E-state index in [0.29, 0.717) is 19.3 Å². The minimum absolute atomic E-state index is 0.0523. The molecule has 0 aromatic rings. The molecule has 298 valence electrons. The van der Waals surface area contributed by atoms with E-state index < -0.39 is 18.2 Å². The van der Waals surface area contributed by atoms with Crippen LogP contribution < -0.4 is 5.32 Å². The van der Waals surface area contributed by atoms with Gasteiger partial charge in [0, 0.05) is 6.42 Å². The van der Waals surface area contributed by atoms with Crippen molar-refractivity contribution in [3.8, 4) is 0 Å². The first-order valence-corrected chi connectivity index (χ1v) is 21.2. The summed E-state index contributed by atoms with van der Waals surface area (Å²) in [5.74, 6) is -0.651. The first-order chi connectivity index (χ1) is 25.5. The van der Waals surface area contributed by atoms with Gasteiger partial charge < -0.3 is 20.3 Å². The van der Waals surface area contributed by atoms with Crippen LogP contribution in [0.25, 0.3) is 0 Å². The number of unbranched alkanes of at least 4 members (excludes halogenated alkanes) is 14. The minimum atomic E-state index is -0.819.